The first-order valence-electron chi connectivity index (χ1n) is 25.7. The van der Waals surface area contributed by atoms with Crippen LogP contribution in [0.4, 0.5) is 0 Å². The minimum atomic E-state index is -4.38. The van der Waals surface area contributed by atoms with Crippen LogP contribution in [0, 0.1) is 0 Å². The number of hydrogen-bond acceptors (Lipinski definition) is 7. The first kappa shape index (κ1) is 60.2. The molecule has 0 fully saturated rings. The lowest BCUT2D eigenvalue weighted by molar-refractivity contribution is -0.870. The molecule has 0 radical (unpaired) electrons. The molecule has 62 heavy (non-hydrogen) atoms. The molecule has 0 saturated heterocycles. The number of phosphoric ester groups is 1. The Bertz CT molecular complexity index is 1150. The predicted octanol–water partition coefficient (Wildman–Crippen LogP) is 15.3. The van der Waals surface area contributed by atoms with Crippen LogP contribution in [0.25, 0.3) is 0 Å². The number of nitrogens with zero attached hydrogens (tertiary/aromatic N) is 1. The highest BCUT2D eigenvalue weighted by atomic mass is 31.2. The van der Waals surface area contributed by atoms with Crippen molar-refractivity contribution in [2.45, 2.75) is 238 Å². The molecule has 0 amide bonds. The van der Waals surface area contributed by atoms with E-state index in [1.807, 2.05) is 21.1 Å². The summed E-state index contributed by atoms with van der Waals surface area (Å²) in [5, 5.41) is 0. The van der Waals surface area contributed by atoms with Gasteiger partial charge in [0, 0.05) is 12.8 Å². The van der Waals surface area contributed by atoms with Gasteiger partial charge in [-0.3, -0.25) is 18.6 Å². The van der Waals surface area contributed by atoms with E-state index in [4.69, 9.17) is 18.5 Å². The number of hydrogen-bond donors (Lipinski definition) is 1. The van der Waals surface area contributed by atoms with E-state index in [2.05, 4.69) is 50.3 Å². The highest BCUT2D eigenvalue weighted by Crippen LogP contribution is 2.43. The molecule has 0 bridgehead atoms. The van der Waals surface area contributed by atoms with Crippen molar-refractivity contribution in [3.63, 3.8) is 0 Å². The molecule has 1 unspecified atom stereocenters. The molecule has 364 valence electrons. The summed E-state index contributed by atoms with van der Waals surface area (Å²) >= 11 is 0. The number of carbonyl (C=O) groups excluding carboxylic acids is 2. The van der Waals surface area contributed by atoms with Gasteiger partial charge in [-0.05, 0) is 70.6 Å². The summed E-state index contributed by atoms with van der Waals surface area (Å²) in [6.45, 7) is 4.41. The molecule has 9 nitrogen and oxygen atoms in total. The molecule has 0 aliphatic heterocycles. The monoisotopic (exact) mass is 897 g/mol. The van der Waals surface area contributed by atoms with Gasteiger partial charge in [-0.1, -0.05) is 185 Å². The lowest BCUT2D eigenvalue weighted by Crippen LogP contribution is -2.37. The van der Waals surface area contributed by atoms with Gasteiger partial charge in [-0.15, -0.1) is 0 Å². The number of esters is 2. The smallest absolute Gasteiger partial charge is 0.462 e. The molecule has 0 aromatic carbocycles. The summed E-state index contributed by atoms with van der Waals surface area (Å²) in [5.74, 6) is -0.801. The van der Waals surface area contributed by atoms with E-state index in [0.29, 0.717) is 17.4 Å². The average molecular weight is 897 g/mol. The first-order chi connectivity index (χ1) is 30.0. The number of unbranched alkanes of at least 4 members (excludes halogenated alkanes) is 27. The summed E-state index contributed by atoms with van der Waals surface area (Å²) in [4.78, 5) is 35.5. The maximum atomic E-state index is 12.7. The normalized spacial score (nSPS) is 13.7. The van der Waals surface area contributed by atoms with Crippen molar-refractivity contribution in [1.29, 1.82) is 0 Å². The minimum Gasteiger partial charge on any atom is -0.462 e. The summed E-state index contributed by atoms with van der Waals surface area (Å²) < 4.78 is 34.4. The number of allylic oxidation sites excluding steroid dienone is 6. The Kier molecular flexibility index (Phi) is 43.2. The highest BCUT2D eigenvalue weighted by molar-refractivity contribution is 7.47. The Morgan fingerprint density at radius 2 is 0.871 bits per heavy atom. The zero-order valence-corrected chi connectivity index (χ0v) is 42.0. The van der Waals surface area contributed by atoms with Crippen LogP contribution in [-0.4, -0.2) is 74.9 Å². The minimum absolute atomic E-state index is 0.0303. The van der Waals surface area contributed by atoms with Gasteiger partial charge in [0.25, 0.3) is 0 Å². The van der Waals surface area contributed by atoms with Crippen LogP contribution >= 0.6 is 7.82 Å². The lowest BCUT2D eigenvalue weighted by atomic mass is 10.0. The summed E-state index contributed by atoms with van der Waals surface area (Å²) in [5.41, 5.74) is 0. The largest absolute Gasteiger partial charge is 0.472 e. The van der Waals surface area contributed by atoms with Crippen molar-refractivity contribution in [3.8, 4) is 0 Å². The molecule has 0 spiro atoms. The third-order valence-corrected chi connectivity index (χ3v) is 12.1. The Balaban J connectivity index is 4.24. The second-order valence-electron chi connectivity index (χ2n) is 18.5. The van der Waals surface area contributed by atoms with Gasteiger partial charge in [-0.2, -0.15) is 0 Å². The molecule has 0 aliphatic carbocycles. The highest BCUT2D eigenvalue weighted by Gasteiger charge is 2.27. The van der Waals surface area contributed by atoms with Crippen LogP contribution < -0.4 is 0 Å². The number of rotatable bonds is 47. The molecule has 0 aliphatic rings. The lowest BCUT2D eigenvalue weighted by Gasteiger charge is -2.24. The van der Waals surface area contributed by atoms with Crippen molar-refractivity contribution < 1.29 is 42.1 Å². The molecule has 2 atom stereocenters. The van der Waals surface area contributed by atoms with Gasteiger partial charge < -0.3 is 18.9 Å². The van der Waals surface area contributed by atoms with E-state index in [1.54, 1.807) is 0 Å². The number of phosphoric acid groups is 1. The van der Waals surface area contributed by atoms with Crippen molar-refractivity contribution in [1.82, 2.24) is 0 Å². The van der Waals surface area contributed by atoms with Gasteiger partial charge in [0.15, 0.2) is 6.10 Å². The summed E-state index contributed by atoms with van der Waals surface area (Å²) in [6.07, 6.45) is 51.9. The summed E-state index contributed by atoms with van der Waals surface area (Å²) in [6, 6.07) is 0. The Hall–Kier alpha value is -1.77. The maximum absolute atomic E-state index is 12.7. The number of quaternary nitrogens is 1. The molecule has 0 aromatic heterocycles. The van der Waals surface area contributed by atoms with E-state index in [9.17, 15) is 19.0 Å². The molecular formula is C52H99NO8P+. The number of likely N-dealkylation sites (N-methyl/N-ethyl adjacent to an activating group) is 1. The van der Waals surface area contributed by atoms with Crippen molar-refractivity contribution >= 4 is 19.8 Å². The van der Waals surface area contributed by atoms with Crippen LogP contribution in [-0.2, 0) is 32.7 Å². The van der Waals surface area contributed by atoms with Gasteiger partial charge >= 0.3 is 19.8 Å². The fourth-order valence-electron chi connectivity index (χ4n) is 7.10. The van der Waals surface area contributed by atoms with Crippen molar-refractivity contribution in [3.05, 3.63) is 36.5 Å². The fourth-order valence-corrected chi connectivity index (χ4v) is 7.84. The summed E-state index contributed by atoms with van der Waals surface area (Å²) in [7, 11) is 1.47. The zero-order chi connectivity index (χ0) is 45.7. The quantitative estimate of drug-likeness (QED) is 0.0212. The molecule has 10 heteroatoms. The second kappa shape index (κ2) is 44.4. The van der Waals surface area contributed by atoms with Crippen LogP contribution in [0.15, 0.2) is 36.5 Å². The van der Waals surface area contributed by atoms with Crippen molar-refractivity contribution in [2.75, 3.05) is 47.5 Å². The number of carbonyl (C=O) groups is 2. The second-order valence-corrected chi connectivity index (χ2v) is 20.0. The molecule has 0 rings (SSSR count). The van der Waals surface area contributed by atoms with Gasteiger partial charge in [0.1, 0.15) is 19.8 Å². The van der Waals surface area contributed by atoms with Crippen LogP contribution in [0.2, 0.25) is 0 Å². The van der Waals surface area contributed by atoms with Gasteiger partial charge in [-0.25, -0.2) is 4.57 Å². The fraction of sp³-hybridized carbons (Fsp3) is 0.846. The SMILES string of the molecule is CCCCC/C=C\C/C=C\CCCCCCCCCC(=O)O[C@H](COC(=O)CCCCCCCCCCCCC/C=C\CCCCCCCC)COP(=O)(O)OCC[N+](C)(C)C. The van der Waals surface area contributed by atoms with E-state index in [1.165, 1.54) is 148 Å². The first-order valence-corrected chi connectivity index (χ1v) is 27.2. The van der Waals surface area contributed by atoms with Crippen LogP contribution in [0.3, 0.4) is 0 Å². The third-order valence-electron chi connectivity index (χ3n) is 11.1. The van der Waals surface area contributed by atoms with Crippen molar-refractivity contribution in [2.24, 2.45) is 0 Å². The third kappa shape index (κ3) is 47.7. The Morgan fingerprint density at radius 3 is 1.32 bits per heavy atom. The molecule has 0 saturated carbocycles. The van der Waals surface area contributed by atoms with E-state index in [-0.39, 0.29) is 32.0 Å². The van der Waals surface area contributed by atoms with E-state index >= 15 is 0 Å². The van der Waals surface area contributed by atoms with E-state index < -0.39 is 26.5 Å². The topological polar surface area (TPSA) is 108 Å². The maximum Gasteiger partial charge on any atom is 0.472 e. The van der Waals surface area contributed by atoms with Gasteiger partial charge in [0.2, 0.25) is 0 Å². The van der Waals surface area contributed by atoms with Crippen LogP contribution in [0.1, 0.15) is 232 Å². The predicted molar refractivity (Wildman–Crippen MR) is 261 cm³/mol. The Labute approximate surface area is 382 Å². The molecule has 1 N–H and O–H groups in total. The standard InChI is InChI=1S/C52H98NO8P/c1-6-8-10-12-14-16-18-20-22-24-25-26-27-29-30-32-34-36-38-40-42-44-51(54)58-48-50(49-60-62(56,57)59-47-46-53(3,4)5)61-52(55)45-43-41-39-37-35-33-31-28-23-21-19-17-15-13-11-9-7-2/h15,17,20-23,50H,6-14,16,18-19,24-49H2,1-5H3/p+1/b17-15-,22-20-,23-21-/t50-/m1/s1. The molecule has 0 heterocycles. The van der Waals surface area contributed by atoms with E-state index in [0.717, 1.165) is 51.4 Å². The van der Waals surface area contributed by atoms with Gasteiger partial charge in [0.05, 0.1) is 27.7 Å². The zero-order valence-electron chi connectivity index (χ0n) is 41.1. The molecular weight excluding hydrogens is 798 g/mol. The molecule has 0 aromatic rings. The number of ether oxygens (including phenoxy) is 2. The Morgan fingerprint density at radius 1 is 0.500 bits per heavy atom. The van der Waals surface area contributed by atoms with Crippen LogP contribution in [0.5, 0.6) is 0 Å². The average Bonchev–Trinajstić information content (AvgIpc) is 3.23.